The van der Waals surface area contributed by atoms with Crippen LogP contribution in [-0.2, 0) is 6.54 Å². The zero-order valence-corrected chi connectivity index (χ0v) is 14.3. The van der Waals surface area contributed by atoms with E-state index in [-0.39, 0.29) is 6.79 Å². The Morgan fingerprint density at radius 1 is 1.08 bits per heavy atom. The molecular formula is C18H20N2O3S. The number of benzene rings is 2. The molecule has 0 bridgehead atoms. The highest BCUT2D eigenvalue weighted by molar-refractivity contribution is 7.80. The molecule has 2 N–H and O–H groups in total. The number of ether oxygens (including phenoxy) is 3. The lowest BCUT2D eigenvalue weighted by Crippen LogP contribution is -2.37. The van der Waals surface area contributed by atoms with Gasteiger partial charge in [0, 0.05) is 6.54 Å². The fourth-order valence-electron chi connectivity index (χ4n) is 2.26. The molecule has 0 aromatic heterocycles. The second-order valence-electron chi connectivity index (χ2n) is 5.46. The Balaban J connectivity index is 1.34. The molecule has 1 aliphatic heterocycles. The quantitative estimate of drug-likeness (QED) is 0.621. The van der Waals surface area contributed by atoms with Crippen molar-refractivity contribution in [3.63, 3.8) is 0 Å². The minimum atomic E-state index is 0.285. The van der Waals surface area contributed by atoms with Crippen LogP contribution in [0.2, 0.25) is 0 Å². The van der Waals surface area contributed by atoms with Crippen LogP contribution in [0.4, 0.5) is 0 Å². The SMILES string of the molecule is Cc1ccc(OCCNC(=S)NCc2ccc3c(c2)OCO3)cc1. The zero-order chi connectivity index (χ0) is 16.8. The van der Waals surface area contributed by atoms with E-state index in [0.717, 1.165) is 22.8 Å². The van der Waals surface area contributed by atoms with Gasteiger partial charge in [0.25, 0.3) is 0 Å². The summed E-state index contributed by atoms with van der Waals surface area (Å²) in [5, 5.41) is 6.89. The third-order valence-electron chi connectivity index (χ3n) is 3.57. The standard InChI is InChI=1S/C18H20N2O3S/c1-13-2-5-15(6-3-13)21-9-8-19-18(24)20-11-14-4-7-16-17(10-14)23-12-22-16/h2-7,10H,8-9,11-12H2,1H3,(H2,19,20,24). The number of hydrogen-bond acceptors (Lipinski definition) is 4. The van der Waals surface area contributed by atoms with Crippen LogP contribution in [-0.4, -0.2) is 25.1 Å². The van der Waals surface area contributed by atoms with E-state index in [0.29, 0.717) is 24.8 Å². The average Bonchev–Trinajstić information content (AvgIpc) is 3.06. The van der Waals surface area contributed by atoms with E-state index < -0.39 is 0 Å². The minimum Gasteiger partial charge on any atom is -0.492 e. The highest BCUT2D eigenvalue weighted by Crippen LogP contribution is 2.32. The van der Waals surface area contributed by atoms with Crippen molar-refractivity contribution in [3.8, 4) is 17.2 Å². The molecular weight excluding hydrogens is 324 g/mol. The van der Waals surface area contributed by atoms with E-state index >= 15 is 0 Å². The van der Waals surface area contributed by atoms with Crippen molar-refractivity contribution in [1.82, 2.24) is 10.6 Å². The maximum absolute atomic E-state index is 5.64. The first-order valence-electron chi connectivity index (χ1n) is 7.80. The van der Waals surface area contributed by atoms with Gasteiger partial charge in [-0.15, -0.1) is 0 Å². The number of nitrogens with one attached hydrogen (secondary N) is 2. The van der Waals surface area contributed by atoms with Gasteiger partial charge in [0.2, 0.25) is 6.79 Å². The second-order valence-corrected chi connectivity index (χ2v) is 5.87. The van der Waals surface area contributed by atoms with Gasteiger partial charge in [0.05, 0.1) is 6.54 Å². The van der Waals surface area contributed by atoms with Gasteiger partial charge in [-0.1, -0.05) is 23.8 Å². The van der Waals surface area contributed by atoms with Crippen molar-refractivity contribution in [2.24, 2.45) is 0 Å². The zero-order valence-electron chi connectivity index (χ0n) is 13.5. The highest BCUT2D eigenvalue weighted by atomic mass is 32.1. The van der Waals surface area contributed by atoms with E-state index in [9.17, 15) is 0 Å². The second kappa shape index (κ2) is 7.88. The van der Waals surface area contributed by atoms with Gasteiger partial charge in [-0.25, -0.2) is 0 Å². The maximum atomic E-state index is 5.64. The summed E-state index contributed by atoms with van der Waals surface area (Å²) in [7, 11) is 0. The first kappa shape index (κ1) is 16.4. The molecule has 0 amide bonds. The summed E-state index contributed by atoms with van der Waals surface area (Å²) in [6.45, 7) is 4.15. The minimum absolute atomic E-state index is 0.285. The molecule has 0 unspecified atom stereocenters. The van der Waals surface area contributed by atoms with E-state index in [1.807, 2.05) is 42.5 Å². The first-order chi connectivity index (χ1) is 11.7. The van der Waals surface area contributed by atoms with Gasteiger partial charge >= 0.3 is 0 Å². The van der Waals surface area contributed by atoms with Crippen molar-refractivity contribution in [1.29, 1.82) is 0 Å². The van der Waals surface area contributed by atoms with Gasteiger partial charge in [0.15, 0.2) is 16.6 Å². The van der Waals surface area contributed by atoms with Crippen LogP contribution in [0.5, 0.6) is 17.2 Å². The predicted octanol–water partition coefficient (Wildman–Crippen LogP) is 2.77. The third kappa shape index (κ3) is 4.52. The van der Waals surface area contributed by atoms with Crippen LogP contribution < -0.4 is 24.8 Å². The van der Waals surface area contributed by atoms with E-state index in [1.165, 1.54) is 5.56 Å². The molecule has 5 nitrogen and oxygen atoms in total. The summed E-state index contributed by atoms with van der Waals surface area (Å²) in [4.78, 5) is 0. The Morgan fingerprint density at radius 3 is 2.71 bits per heavy atom. The van der Waals surface area contributed by atoms with E-state index in [2.05, 4.69) is 17.6 Å². The molecule has 126 valence electrons. The smallest absolute Gasteiger partial charge is 0.231 e. The summed E-state index contributed by atoms with van der Waals surface area (Å²) in [5.74, 6) is 2.43. The monoisotopic (exact) mass is 344 g/mol. The van der Waals surface area contributed by atoms with Crippen LogP contribution in [0, 0.1) is 6.92 Å². The van der Waals surface area contributed by atoms with Crippen molar-refractivity contribution in [3.05, 3.63) is 53.6 Å². The van der Waals surface area contributed by atoms with Gasteiger partial charge in [0.1, 0.15) is 12.4 Å². The lowest BCUT2D eigenvalue weighted by atomic mass is 10.2. The Bertz CT molecular complexity index is 704. The molecule has 1 aliphatic rings. The lowest BCUT2D eigenvalue weighted by Gasteiger charge is -2.12. The van der Waals surface area contributed by atoms with Crippen molar-refractivity contribution < 1.29 is 14.2 Å². The van der Waals surface area contributed by atoms with Crippen LogP contribution >= 0.6 is 12.2 Å². The summed E-state index contributed by atoms with van der Waals surface area (Å²) in [6.07, 6.45) is 0. The largest absolute Gasteiger partial charge is 0.492 e. The average molecular weight is 344 g/mol. The summed E-state index contributed by atoms with van der Waals surface area (Å²) in [6, 6.07) is 13.8. The number of thiocarbonyl (C=S) groups is 1. The normalized spacial score (nSPS) is 11.9. The van der Waals surface area contributed by atoms with Crippen LogP contribution in [0.15, 0.2) is 42.5 Å². The first-order valence-corrected chi connectivity index (χ1v) is 8.21. The molecule has 3 rings (SSSR count). The summed E-state index contributed by atoms with van der Waals surface area (Å²) >= 11 is 5.27. The molecule has 0 saturated carbocycles. The fraction of sp³-hybridized carbons (Fsp3) is 0.278. The highest BCUT2D eigenvalue weighted by Gasteiger charge is 2.12. The summed E-state index contributed by atoms with van der Waals surface area (Å²) in [5.41, 5.74) is 2.30. The van der Waals surface area contributed by atoms with Gasteiger partial charge < -0.3 is 24.8 Å². The molecule has 0 radical (unpaired) electrons. The van der Waals surface area contributed by atoms with Crippen LogP contribution in [0.1, 0.15) is 11.1 Å². The van der Waals surface area contributed by atoms with Crippen molar-refractivity contribution in [2.75, 3.05) is 19.9 Å². The Kier molecular flexibility index (Phi) is 5.38. The molecule has 2 aromatic carbocycles. The van der Waals surface area contributed by atoms with Crippen molar-refractivity contribution >= 4 is 17.3 Å². The Labute approximate surface area is 146 Å². The Morgan fingerprint density at radius 2 is 1.88 bits per heavy atom. The van der Waals surface area contributed by atoms with E-state index in [1.54, 1.807) is 0 Å². The Hall–Kier alpha value is -2.47. The maximum Gasteiger partial charge on any atom is 0.231 e. The van der Waals surface area contributed by atoms with Gasteiger partial charge in [-0.05, 0) is 49.0 Å². The topological polar surface area (TPSA) is 51.8 Å². The van der Waals surface area contributed by atoms with Gasteiger partial charge in [-0.2, -0.15) is 0 Å². The number of hydrogen-bond donors (Lipinski definition) is 2. The lowest BCUT2D eigenvalue weighted by molar-refractivity contribution is 0.174. The molecule has 0 spiro atoms. The molecule has 0 fully saturated rings. The molecule has 2 aromatic rings. The predicted molar refractivity (Wildman–Crippen MR) is 96.7 cm³/mol. The van der Waals surface area contributed by atoms with Crippen LogP contribution in [0.25, 0.3) is 0 Å². The fourth-order valence-corrected chi connectivity index (χ4v) is 2.44. The molecule has 24 heavy (non-hydrogen) atoms. The van der Waals surface area contributed by atoms with Gasteiger partial charge in [-0.3, -0.25) is 0 Å². The third-order valence-corrected chi connectivity index (χ3v) is 3.86. The number of aryl methyl sites for hydroxylation is 1. The summed E-state index contributed by atoms with van der Waals surface area (Å²) < 4.78 is 16.3. The number of fused-ring (bicyclic) bond motifs is 1. The molecule has 1 heterocycles. The van der Waals surface area contributed by atoms with E-state index in [4.69, 9.17) is 26.4 Å². The molecule has 0 saturated heterocycles. The van der Waals surface area contributed by atoms with Crippen LogP contribution in [0.3, 0.4) is 0 Å². The molecule has 0 aliphatic carbocycles. The molecule has 0 atom stereocenters. The number of rotatable bonds is 6. The molecule has 6 heteroatoms. The van der Waals surface area contributed by atoms with Crippen molar-refractivity contribution in [2.45, 2.75) is 13.5 Å².